The highest BCUT2D eigenvalue weighted by molar-refractivity contribution is 6.38. The third kappa shape index (κ3) is 6.57. The summed E-state index contributed by atoms with van der Waals surface area (Å²) < 4.78 is 5.14. The lowest BCUT2D eigenvalue weighted by Gasteiger charge is -2.14. The molecule has 0 saturated heterocycles. The summed E-state index contributed by atoms with van der Waals surface area (Å²) in [7, 11) is 1.66. The van der Waals surface area contributed by atoms with Crippen LogP contribution in [-0.4, -0.2) is 25.3 Å². The molecule has 2 rings (SSSR count). The minimum absolute atomic E-state index is 0. The van der Waals surface area contributed by atoms with Crippen molar-refractivity contribution >= 4 is 41.3 Å². The number of aryl methyl sites for hydroxylation is 1. The van der Waals surface area contributed by atoms with E-state index in [2.05, 4.69) is 17.4 Å². The standard InChI is InChI=1S/C18H22Cl2N2O2.ClH/c1-24-14-6-4-12(5-7-14)3-2-8-22-11-17(23)13-9-15(19)18(21)16(20)10-13;/h4-7,9-10,17,22-23H,2-3,8,11,21H2,1H3;1H. The van der Waals surface area contributed by atoms with Crippen LogP contribution >= 0.6 is 35.6 Å². The molecule has 0 aromatic heterocycles. The maximum Gasteiger partial charge on any atom is 0.118 e. The fraction of sp³-hybridized carbons (Fsp3) is 0.333. The first-order chi connectivity index (χ1) is 11.5. The van der Waals surface area contributed by atoms with E-state index in [0.717, 1.165) is 25.1 Å². The number of halogens is 3. The third-order valence-corrected chi connectivity index (χ3v) is 4.43. The molecule has 0 saturated carbocycles. The van der Waals surface area contributed by atoms with Crippen LogP contribution in [0.15, 0.2) is 36.4 Å². The van der Waals surface area contributed by atoms with E-state index in [1.54, 1.807) is 19.2 Å². The van der Waals surface area contributed by atoms with Crippen LogP contribution in [0.1, 0.15) is 23.7 Å². The number of aliphatic hydroxyl groups excluding tert-OH is 1. The van der Waals surface area contributed by atoms with E-state index in [4.69, 9.17) is 33.7 Å². The first kappa shape index (κ1) is 21.9. The van der Waals surface area contributed by atoms with E-state index in [-0.39, 0.29) is 12.4 Å². The van der Waals surface area contributed by atoms with Crippen LogP contribution in [0.4, 0.5) is 5.69 Å². The molecule has 0 heterocycles. The average molecular weight is 406 g/mol. The maximum absolute atomic E-state index is 10.2. The van der Waals surface area contributed by atoms with E-state index < -0.39 is 6.10 Å². The summed E-state index contributed by atoms with van der Waals surface area (Å²) in [4.78, 5) is 0. The van der Waals surface area contributed by atoms with E-state index in [0.29, 0.717) is 27.8 Å². The summed E-state index contributed by atoms with van der Waals surface area (Å²) in [5.74, 6) is 0.862. The number of nitrogens with two attached hydrogens (primary N) is 1. The zero-order chi connectivity index (χ0) is 17.5. The van der Waals surface area contributed by atoms with Crippen molar-refractivity contribution in [1.29, 1.82) is 0 Å². The molecule has 2 aromatic rings. The van der Waals surface area contributed by atoms with Crippen molar-refractivity contribution < 1.29 is 9.84 Å². The van der Waals surface area contributed by atoms with Gasteiger partial charge in [-0.25, -0.2) is 0 Å². The minimum atomic E-state index is -0.679. The van der Waals surface area contributed by atoms with Gasteiger partial charge in [0.05, 0.1) is 28.9 Å². The van der Waals surface area contributed by atoms with Crippen molar-refractivity contribution in [2.24, 2.45) is 0 Å². The number of rotatable bonds is 8. The number of aliphatic hydroxyl groups is 1. The van der Waals surface area contributed by atoms with Crippen LogP contribution in [0.3, 0.4) is 0 Å². The van der Waals surface area contributed by atoms with Crippen molar-refractivity contribution in [2.75, 3.05) is 25.9 Å². The largest absolute Gasteiger partial charge is 0.497 e. The highest BCUT2D eigenvalue weighted by atomic mass is 35.5. The summed E-state index contributed by atoms with van der Waals surface area (Å²) in [6.07, 6.45) is 1.26. The second-order valence-electron chi connectivity index (χ2n) is 5.57. The average Bonchev–Trinajstić information content (AvgIpc) is 2.59. The predicted octanol–water partition coefficient (Wildman–Crippen LogP) is 4.26. The molecule has 0 aliphatic rings. The number of methoxy groups -OCH3 is 1. The summed E-state index contributed by atoms with van der Waals surface area (Å²) in [6, 6.07) is 11.3. The summed E-state index contributed by atoms with van der Waals surface area (Å²) >= 11 is 12.0. The number of nitrogen functional groups attached to an aromatic ring is 1. The molecule has 0 radical (unpaired) electrons. The molecule has 25 heavy (non-hydrogen) atoms. The number of hydrogen-bond donors (Lipinski definition) is 3. The van der Waals surface area contributed by atoms with Crippen LogP contribution in [0, 0.1) is 0 Å². The van der Waals surface area contributed by atoms with Crippen molar-refractivity contribution in [3.05, 3.63) is 57.6 Å². The van der Waals surface area contributed by atoms with E-state index in [9.17, 15) is 5.11 Å². The zero-order valence-corrected chi connectivity index (χ0v) is 16.3. The molecule has 4 nitrogen and oxygen atoms in total. The van der Waals surface area contributed by atoms with E-state index >= 15 is 0 Å². The lowest BCUT2D eigenvalue weighted by Crippen LogP contribution is -2.23. The SMILES string of the molecule is COc1ccc(CCCNCC(O)c2cc(Cl)c(N)c(Cl)c2)cc1.Cl. The lowest BCUT2D eigenvalue weighted by molar-refractivity contribution is 0.175. The highest BCUT2D eigenvalue weighted by Crippen LogP contribution is 2.31. The third-order valence-electron chi connectivity index (χ3n) is 3.80. The smallest absolute Gasteiger partial charge is 0.118 e. The van der Waals surface area contributed by atoms with Crippen molar-refractivity contribution in [3.63, 3.8) is 0 Å². The fourth-order valence-electron chi connectivity index (χ4n) is 2.36. The van der Waals surface area contributed by atoms with Gasteiger partial charge in [0.15, 0.2) is 0 Å². The Kier molecular flexibility index (Phi) is 9.39. The Morgan fingerprint density at radius 1 is 1.16 bits per heavy atom. The van der Waals surface area contributed by atoms with Gasteiger partial charge in [-0.3, -0.25) is 0 Å². The normalized spacial score (nSPS) is 11.7. The molecule has 2 aromatic carbocycles. The number of hydrogen-bond acceptors (Lipinski definition) is 4. The first-order valence-electron chi connectivity index (χ1n) is 7.77. The molecule has 138 valence electrons. The van der Waals surface area contributed by atoms with Gasteiger partial charge in [0.2, 0.25) is 0 Å². The Labute approximate surface area is 164 Å². The fourth-order valence-corrected chi connectivity index (χ4v) is 2.87. The quantitative estimate of drug-likeness (QED) is 0.453. The van der Waals surface area contributed by atoms with Crippen LogP contribution < -0.4 is 15.8 Å². The molecule has 7 heteroatoms. The Morgan fingerprint density at radius 3 is 2.32 bits per heavy atom. The summed E-state index contributed by atoms with van der Waals surface area (Å²) in [5.41, 5.74) is 7.94. The van der Waals surface area contributed by atoms with E-state index in [1.165, 1.54) is 5.56 Å². The Hall–Kier alpha value is -1.17. The molecule has 0 amide bonds. The van der Waals surface area contributed by atoms with Crippen molar-refractivity contribution in [1.82, 2.24) is 5.32 Å². The topological polar surface area (TPSA) is 67.5 Å². The van der Waals surface area contributed by atoms with Crippen molar-refractivity contribution in [3.8, 4) is 5.75 Å². The second kappa shape index (κ2) is 10.7. The Bertz CT molecular complexity index is 643. The monoisotopic (exact) mass is 404 g/mol. The van der Waals surface area contributed by atoms with Crippen LogP contribution in [0.5, 0.6) is 5.75 Å². The van der Waals surface area contributed by atoms with Gasteiger partial charge >= 0.3 is 0 Å². The number of nitrogens with one attached hydrogen (secondary N) is 1. The second-order valence-corrected chi connectivity index (χ2v) is 6.38. The first-order valence-corrected chi connectivity index (χ1v) is 8.53. The number of anilines is 1. The molecule has 0 fully saturated rings. The molecule has 0 bridgehead atoms. The van der Waals surface area contributed by atoms with Crippen LogP contribution in [-0.2, 0) is 6.42 Å². The van der Waals surface area contributed by atoms with Gasteiger partial charge in [-0.1, -0.05) is 35.3 Å². The minimum Gasteiger partial charge on any atom is -0.497 e. The summed E-state index contributed by atoms with van der Waals surface area (Å²) in [5, 5.41) is 14.2. The summed E-state index contributed by atoms with van der Waals surface area (Å²) in [6.45, 7) is 1.23. The van der Waals surface area contributed by atoms with Gasteiger partial charge in [0, 0.05) is 6.54 Å². The lowest BCUT2D eigenvalue weighted by atomic mass is 10.1. The molecule has 1 atom stereocenters. The van der Waals surface area contributed by atoms with Crippen LogP contribution in [0.25, 0.3) is 0 Å². The number of ether oxygens (including phenoxy) is 1. The molecule has 0 aliphatic heterocycles. The zero-order valence-electron chi connectivity index (χ0n) is 14.0. The van der Waals surface area contributed by atoms with E-state index in [1.807, 2.05) is 12.1 Å². The molecular formula is C18H23Cl3N2O2. The van der Waals surface area contributed by atoms with Gasteiger partial charge < -0.3 is 20.9 Å². The number of benzene rings is 2. The van der Waals surface area contributed by atoms with Gasteiger partial charge in [-0.15, -0.1) is 12.4 Å². The molecule has 0 spiro atoms. The Balaban J connectivity index is 0.00000312. The van der Waals surface area contributed by atoms with Crippen molar-refractivity contribution in [2.45, 2.75) is 18.9 Å². The predicted molar refractivity (Wildman–Crippen MR) is 107 cm³/mol. The molecule has 0 aliphatic carbocycles. The highest BCUT2D eigenvalue weighted by Gasteiger charge is 2.11. The van der Waals surface area contributed by atoms with Gasteiger partial charge in [0.1, 0.15) is 5.75 Å². The van der Waals surface area contributed by atoms with Gasteiger partial charge in [-0.05, 0) is 54.8 Å². The Morgan fingerprint density at radius 2 is 1.76 bits per heavy atom. The van der Waals surface area contributed by atoms with Gasteiger partial charge in [-0.2, -0.15) is 0 Å². The van der Waals surface area contributed by atoms with Crippen LogP contribution in [0.2, 0.25) is 10.0 Å². The van der Waals surface area contributed by atoms with Gasteiger partial charge in [0.25, 0.3) is 0 Å². The molecular weight excluding hydrogens is 383 g/mol. The maximum atomic E-state index is 10.2. The molecule has 4 N–H and O–H groups in total. The molecule has 1 unspecified atom stereocenters.